The summed E-state index contributed by atoms with van der Waals surface area (Å²) in [6.45, 7) is 0.267. The van der Waals surface area contributed by atoms with Crippen LogP contribution in [0, 0.1) is 0 Å². The molecule has 1 aromatic carbocycles. The predicted octanol–water partition coefficient (Wildman–Crippen LogP) is 0.228. The van der Waals surface area contributed by atoms with Crippen molar-refractivity contribution in [1.29, 1.82) is 0 Å². The molecule has 0 unspecified atom stereocenters. The zero-order chi connectivity index (χ0) is 15.1. The van der Waals surface area contributed by atoms with Crippen LogP contribution in [0.25, 0.3) is 5.69 Å². The zero-order valence-electron chi connectivity index (χ0n) is 11.7. The zero-order valence-corrected chi connectivity index (χ0v) is 11.7. The molecule has 21 heavy (non-hydrogen) atoms. The van der Waals surface area contributed by atoms with Crippen LogP contribution in [0.2, 0.25) is 0 Å². The smallest absolute Gasteiger partial charge is 0.227 e. The van der Waals surface area contributed by atoms with Gasteiger partial charge in [-0.3, -0.25) is 4.79 Å². The molecule has 6 heteroatoms. The highest BCUT2D eigenvalue weighted by molar-refractivity contribution is 5.78. The van der Waals surface area contributed by atoms with Crippen LogP contribution >= 0.6 is 0 Å². The highest BCUT2D eigenvalue weighted by atomic mass is 16.3. The molecule has 0 atom stereocenters. The van der Waals surface area contributed by atoms with Crippen molar-refractivity contribution in [3.63, 3.8) is 0 Å². The van der Waals surface area contributed by atoms with Gasteiger partial charge in [-0.15, -0.1) is 0 Å². The largest absolute Gasteiger partial charge is 0.395 e. The Morgan fingerprint density at radius 2 is 1.81 bits per heavy atom. The van der Waals surface area contributed by atoms with Gasteiger partial charge in [-0.05, 0) is 23.8 Å². The number of nitrogens with zero attached hydrogens (tertiary/aromatic N) is 3. The van der Waals surface area contributed by atoms with Crippen LogP contribution in [-0.4, -0.2) is 57.1 Å². The van der Waals surface area contributed by atoms with Crippen molar-refractivity contribution in [1.82, 2.24) is 14.7 Å². The van der Waals surface area contributed by atoms with Gasteiger partial charge in [0.25, 0.3) is 0 Å². The SMILES string of the molecule is O=C(Cc1ccc(-n2cccn2)cc1)N(CCO)CCO. The minimum absolute atomic E-state index is 0.107. The second-order valence-electron chi connectivity index (χ2n) is 4.62. The minimum atomic E-state index is -0.107. The number of hydrogen-bond donors (Lipinski definition) is 2. The minimum Gasteiger partial charge on any atom is -0.395 e. The molecule has 2 aromatic rings. The Kier molecular flexibility index (Phi) is 5.48. The van der Waals surface area contributed by atoms with Gasteiger partial charge in [-0.2, -0.15) is 5.10 Å². The van der Waals surface area contributed by atoms with E-state index >= 15 is 0 Å². The fraction of sp³-hybridized carbons (Fsp3) is 0.333. The Morgan fingerprint density at radius 1 is 1.14 bits per heavy atom. The summed E-state index contributed by atoms with van der Waals surface area (Å²) < 4.78 is 1.75. The molecule has 1 heterocycles. The van der Waals surface area contributed by atoms with Gasteiger partial charge in [0.2, 0.25) is 5.91 Å². The van der Waals surface area contributed by atoms with Crippen LogP contribution in [0.5, 0.6) is 0 Å². The Bertz CT molecular complexity index is 546. The fourth-order valence-corrected chi connectivity index (χ4v) is 2.08. The molecular formula is C15H19N3O3. The first-order valence-corrected chi connectivity index (χ1v) is 6.83. The first-order chi connectivity index (χ1) is 10.2. The van der Waals surface area contributed by atoms with Crippen LogP contribution in [-0.2, 0) is 11.2 Å². The van der Waals surface area contributed by atoms with Gasteiger partial charge in [0.1, 0.15) is 0 Å². The topological polar surface area (TPSA) is 78.6 Å². The second kappa shape index (κ2) is 7.56. The first kappa shape index (κ1) is 15.2. The van der Waals surface area contributed by atoms with Crippen molar-refractivity contribution in [3.05, 3.63) is 48.3 Å². The van der Waals surface area contributed by atoms with Gasteiger partial charge < -0.3 is 15.1 Å². The van der Waals surface area contributed by atoms with Crippen molar-refractivity contribution >= 4 is 5.91 Å². The van der Waals surface area contributed by atoms with E-state index in [-0.39, 0.29) is 38.6 Å². The Hall–Kier alpha value is -2.18. The van der Waals surface area contributed by atoms with Gasteiger partial charge in [0.05, 0.1) is 25.3 Å². The van der Waals surface area contributed by atoms with E-state index in [9.17, 15) is 4.79 Å². The van der Waals surface area contributed by atoms with Gasteiger partial charge in [0, 0.05) is 25.5 Å². The molecule has 0 spiro atoms. The van der Waals surface area contributed by atoms with E-state index in [1.165, 1.54) is 4.90 Å². The van der Waals surface area contributed by atoms with Crippen LogP contribution in [0.15, 0.2) is 42.7 Å². The maximum absolute atomic E-state index is 12.1. The van der Waals surface area contributed by atoms with Crippen molar-refractivity contribution in [2.75, 3.05) is 26.3 Å². The summed E-state index contributed by atoms with van der Waals surface area (Å²) in [5.74, 6) is -0.107. The van der Waals surface area contributed by atoms with Crippen LogP contribution < -0.4 is 0 Å². The Balaban J connectivity index is 2.00. The highest BCUT2D eigenvalue weighted by Gasteiger charge is 2.13. The number of aliphatic hydroxyl groups is 2. The molecular weight excluding hydrogens is 270 g/mol. The third-order valence-corrected chi connectivity index (χ3v) is 3.15. The summed E-state index contributed by atoms with van der Waals surface area (Å²) in [7, 11) is 0. The summed E-state index contributed by atoms with van der Waals surface area (Å²) in [6, 6.07) is 9.41. The summed E-state index contributed by atoms with van der Waals surface area (Å²) >= 11 is 0. The quantitative estimate of drug-likeness (QED) is 0.765. The van der Waals surface area contributed by atoms with Gasteiger partial charge in [0.15, 0.2) is 0 Å². The Labute approximate surface area is 123 Å². The number of benzene rings is 1. The summed E-state index contributed by atoms with van der Waals surface area (Å²) in [5.41, 5.74) is 1.82. The average Bonchev–Trinajstić information content (AvgIpc) is 3.02. The maximum Gasteiger partial charge on any atom is 0.227 e. The molecule has 0 bridgehead atoms. The molecule has 1 aromatic heterocycles. The van der Waals surface area contributed by atoms with Crippen LogP contribution in [0.4, 0.5) is 0 Å². The molecule has 0 radical (unpaired) electrons. The van der Waals surface area contributed by atoms with E-state index in [1.54, 1.807) is 10.9 Å². The molecule has 0 saturated heterocycles. The predicted molar refractivity (Wildman–Crippen MR) is 78.0 cm³/mol. The standard InChI is InChI=1S/C15H19N3O3/c19-10-8-17(9-11-20)15(21)12-13-2-4-14(5-3-13)18-7-1-6-16-18/h1-7,19-20H,8-12H2. The molecule has 6 nitrogen and oxygen atoms in total. The number of amides is 1. The number of carbonyl (C=O) groups excluding carboxylic acids is 1. The molecule has 0 saturated carbocycles. The van der Waals surface area contributed by atoms with Crippen LogP contribution in [0.3, 0.4) is 0 Å². The van der Waals surface area contributed by atoms with Gasteiger partial charge in [-0.1, -0.05) is 12.1 Å². The molecule has 1 amide bonds. The van der Waals surface area contributed by atoms with Gasteiger partial charge in [-0.25, -0.2) is 4.68 Å². The molecule has 2 rings (SSSR count). The average molecular weight is 289 g/mol. The second-order valence-corrected chi connectivity index (χ2v) is 4.62. The normalized spacial score (nSPS) is 10.6. The van der Waals surface area contributed by atoms with E-state index < -0.39 is 0 Å². The van der Waals surface area contributed by atoms with Crippen LogP contribution in [0.1, 0.15) is 5.56 Å². The van der Waals surface area contributed by atoms with Crippen molar-refractivity contribution in [3.8, 4) is 5.69 Å². The highest BCUT2D eigenvalue weighted by Crippen LogP contribution is 2.10. The number of carbonyl (C=O) groups is 1. The lowest BCUT2D eigenvalue weighted by molar-refractivity contribution is -0.131. The summed E-state index contributed by atoms with van der Waals surface area (Å²) in [6.07, 6.45) is 3.81. The van der Waals surface area contributed by atoms with Gasteiger partial charge >= 0.3 is 0 Å². The number of aromatic nitrogens is 2. The first-order valence-electron chi connectivity index (χ1n) is 6.83. The van der Waals surface area contributed by atoms with E-state index in [2.05, 4.69) is 5.10 Å². The maximum atomic E-state index is 12.1. The van der Waals surface area contributed by atoms with Crippen molar-refractivity contribution in [2.45, 2.75) is 6.42 Å². The van der Waals surface area contributed by atoms with Crippen molar-refractivity contribution < 1.29 is 15.0 Å². The lowest BCUT2D eigenvalue weighted by atomic mass is 10.1. The third kappa shape index (κ3) is 4.14. The number of aliphatic hydroxyl groups excluding tert-OH is 2. The molecule has 0 aliphatic rings. The van der Waals surface area contributed by atoms with E-state index in [4.69, 9.17) is 10.2 Å². The fourth-order valence-electron chi connectivity index (χ4n) is 2.08. The number of hydrogen-bond acceptors (Lipinski definition) is 4. The lowest BCUT2D eigenvalue weighted by Crippen LogP contribution is -2.36. The molecule has 0 fully saturated rings. The monoisotopic (exact) mass is 289 g/mol. The Morgan fingerprint density at radius 3 is 2.33 bits per heavy atom. The molecule has 2 N–H and O–H groups in total. The number of rotatable bonds is 7. The summed E-state index contributed by atoms with van der Waals surface area (Å²) in [5, 5.41) is 22.0. The van der Waals surface area contributed by atoms with E-state index in [1.807, 2.05) is 36.5 Å². The van der Waals surface area contributed by atoms with Crippen molar-refractivity contribution in [2.24, 2.45) is 0 Å². The summed E-state index contributed by atoms with van der Waals surface area (Å²) in [4.78, 5) is 13.6. The molecule has 0 aliphatic carbocycles. The molecule has 0 aliphatic heterocycles. The van der Waals surface area contributed by atoms with E-state index in [0.29, 0.717) is 0 Å². The third-order valence-electron chi connectivity index (χ3n) is 3.15. The van der Waals surface area contributed by atoms with E-state index in [0.717, 1.165) is 11.3 Å². The molecule has 112 valence electrons. The lowest BCUT2D eigenvalue weighted by Gasteiger charge is -2.20.